The number of anilines is 1. The highest BCUT2D eigenvalue weighted by Crippen LogP contribution is 2.48. The Morgan fingerprint density at radius 2 is 1.65 bits per heavy atom. The van der Waals surface area contributed by atoms with Crippen LogP contribution in [0.4, 0.5) is 11.4 Å². The third kappa shape index (κ3) is 5.91. The van der Waals surface area contributed by atoms with Gasteiger partial charge in [0.15, 0.2) is 0 Å². The number of hydrogen-bond donors (Lipinski definition) is 1. The van der Waals surface area contributed by atoms with Gasteiger partial charge in [-0.1, -0.05) is 48.5 Å². The molecule has 192 valence electrons. The van der Waals surface area contributed by atoms with Crippen LogP contribution in [0, 0.1) is 0 Å². The van der Waals surface area contributed by atoms with Gasteiger partial charge in [0.25, 0.3) is 10.1 Å². The summed E-state index contributed by atoms with van der Waals surface area (Å²) >= 11 is 0. The molecular weight excluding hydrogens is 484 g/mol. The van der Waals surface area contributed by atoms with Gasteiger partial charge in [-0.15, -0.1) is 0 Å². The molecule has 6 nitrogen and oxygen atoms in total. The number of para-hydroxylation sites is 1. The van der Waals surface area contributed by atoms with Crippen LogP contribution in [-0.2, 0) is 14.9 Å². The second-order valence-electron chi connectivity index (χ2n) is 9.67. The minimum atomic E-state index is -3.98. The van der Waals surface area contributed by atoms with Crippen molar-refractivity contribution >= 4 is 43.7 Å². The number of nitrogens with zero attached hydrogens (tertiary/aromatic N) is 2. The lowest BCUT2D eigenvalue weighted by atomic mass is 9.94. The van der Waals surface area contributed by atoms with E-state index in [9.17, 15) is 13.2 Å². The van der Waals surface area contributed by atoms with Gasteiger partial charge in [-0.25, -0.2) is 0 Å². The first-order chi connectivity index (χ1) is 17.6. The van der Waals surface area contributed by atoms with Gasteiger partial charge in [0.1, 0.15) is 11.4 Å². The first-order valence-corrected chi connectivity index (χ1v) is 14.0. The van der Waals surface area contributed by atoms with E-state index in [1.165, 1.54) is 29.1 Å². The molecule has 4 rings (SSSR count). The summed E-state index contributed by atoms with van der Waals surface area (Å²) in [5, 5.41) is 2.32. The summed E-state index contributed by atoms with van der Waals surface area (Å²) in [6.45, 7) is 1.53. The highest BCUT2D eigenvalue weighted by Gasteiger charge is 2.38. The molecule has 1 heterocycles. The van der Waals surface area contributed by atoms with Gasteiger partial charge in [0, 0.05) is 30.5 Å². The minimum absolute atomic E-state index is 0.0783. The van der Waals surface area contributed by atoms with Crippen molar-refractivity contribution in [3.63, 3.8) is 0 Å². The van der Waals surface area contributed by atoms with E-state index in [1.807, 2.05) is 54.6 Å². The molecule has 1 aliphatic heterocycles. The third-order valence-electron chi connectivity index (χ3n) is 6.78. The molecule has 0 saturated heterocycles. The van der Waals surface area contributed by atoms with Crippen LogP contribution >= 0.6 is 0 Å². The molecule has 0 fully saturated rings. The Labute approximate surface area is 219 Å². The monoisotopic (exact) mass is 517 g/mol. The number of benzene rings is 3. The summed E-state index contributed by atoms with van der Waals surface area (Å²) in [5.41, 5.74) is 5.45. The van der Waals surface area contributed by atoms with Crippen molar-refractivity contribution in [2.45, 2.75) is 26.2 Å². The van der Waals surface area contributed by atoms with Crippen molar-refractivity contribution in [1.82, 2.24) is 4.48 Å². The summed E-state index contributed by atoms with van der Waals surface area (Å²) in [5.74, 6) is -0.319. The fraction of sp³-hybridized carbons (Fsp3) is 0.233. The summed E-state index contributed by atoms with van der Waals surface area (Å²) in [4.78, 5) is 13.8. The molecule has 0 atom stereocenters. The van der Waals surface area contributed by atoms with Gasteiger partial charge in [0.05, 0.1) is 25.4 Å². The van der Waals surface area contributed by atoms with E-state index in [-0.39, 0.29) is 11.7 Å². The molecule has 1 amide bonds. The van der Waals surface area contributed by atoms with E-state index in [0.717, 1.165) is 16.8 Å². The normalized spacial score (nSPS) is 15.1. The van der Waals surface area contributed by atoms with Crippen LogP contribution in [0.15, 0.2) is 96.9 Å². The number of hydrogen-bond acceptors (Lipinski definition) is 3. The van der Waals surface area contributed by atoms with Crippen LogP contribution in [0.5, 0.6) is 0 Å². The second kappa shape index (κ2) is 10.8. The Balaban J connectivity index is 1.71. The Morgan fingerprint density at radius 3 is 2.35 bits per heavy atom. The molecule has 0 saturated carbocycles. The number of likely N-dealkylation sites (N-methyl/N-ethyl adjacent to an activating group) is 1. The average molecular weight is 518 g/mol. The molecule has 0 spiro atoms. The molecule has 0 aromatic heterocycles. The lowest BCUT2D eigenvalue weighted by Crippen LogP contribution is -2.36. The molecule has 1 aliphatic rings. The van der Waals surface area contributed by atoms with E-state index in [2.05, 4.69) is 44.4 Å². The summed E-state index contributed by atoms with van der Waals surface area (Å²) in [6, 6.07) is 22.1. The van der Waals surface area contributed by atoms with E-state index in [4.69, 9.17) is 4.55 Å². The van der Waals surface area contributed by atoms with Gasteiger partial charge < -0.3 is 0 Å². The topological polar surface area (TPSA) is 74.7 Å². The predicted molar refractivity (Wildman–Crippen MR) is 153 cm³/mol. The Hall–Kier alpha value is -3.52. The van der Waals surface area contributed by atoms with E-state index in [0.29, 0.717) is 23.7 Å². The highest BCUT2D eigenvalue weighted by molar-refractivity contribution is 7.85. The predicted octanol–water partition coefficient (Wildman–Crippen LogP) is 6.31. The molecule has 37 heavy (non-hydrogen) atoms. The maximum Gasteiger partial charge on any atom is 0.264 e. The largest absolute Gasteiger partial charge is 0.288 e. The Morgan fingerprint density at radius 1 is 0.946 bits per heavy atom. The maximum absolute atomic E-state index is 12.2. The molecule has 0 aliphatic carbocycles. The van der Waals surface area contributed by atoms with Crippen molar-refractivity contribution in [1.29, 1.82) is 0 Å². The first kappa shape index (κ1) is 26.5. The minimum Gasteiger partial charge on any atom is -0.288 e. The number of rotatable bonds is 9. The van der Waals surface area contributed by atoms with E-state index in [1.54, 1.807) is 11.1 Å². The van der Waals surface area contributed by atoms with Gasteiger partial charge in [-0.3, -0.25) is 18.7 Å². The fourth-order valence-corrected chi connectivity index (χ4v) is 5.58. The molecule has 0 bridgehead atoms. The van der Waals surface area contributed by atoms with Crippen molar-refractivity contribution in [2.75, 3.05) is 24.7 Å². The first-order valence-electron chi connectivity index (χ1n) is 12.3. The number of quaternary nitrogens is 1. The summed E-state index contributed by atoms with van der Waals surface area (Å²) in [6.07, 6.45) is 9.35. The quantitative estimate of drug-likeness (QED) is 0.156. The van der Waals surface area contributed by atoms with Gasteiger partial charge in [-0.05, 0) is 60.4 Å². The molecule has 7 heteroatoms. The fourth-order valence-electron chi connectivity index (χ4n) is 5.01. The van der Waals surface area contributed by atoms with Gasteiger partial charge >= 0.3 is 0 Å². The zero-order valence-corrected chi connectivity index (χ0v) is 22.3. The smallest absolute Gasteiger partial charge is 0.264 e. The lowest BCUT2D eigenvalue weighted by molar-refractivity contribution is -0.116. The van der Waals surface area contributed by atoms with Crippen LogP contribution in [0.25, 0.3) is 16.3 Å². The summed E-state index contributed by atoms with van der Waals surface area (Å²) in [7, 11) is 0.311. The van der Waals surface area contributed by atoms with Crippen molar-refractivity contribution in [2.24, 2.45) is 0 Å². The van der Waals surface area contributed by atoms with Gasteiger partial charge in [0.2, 0.25) is 5.91 Å². The Kier molecular flexibility index (Phi) is 7.78. The zero-order chi connectivity index (χ0) is 26.6. The van der Waals surface area contributed by atoms with Crippen molar-refractivity contribution < 1.29 is 17.8 Å². The highest BCUT2D eigenvalue weighted by atomic mass is 32.2. The number of carbonyl (C=O) groups excluding carboxylic acids is 1. The lowest BCUT2D eigenvalue weighted by Gasteiger charge is -2.26. The van der Waals surface area contributed by atoms with Gasteiger partial charge in [-0.2, -0.15) is 8.42 Å². The zero-order valence-electron chi connectivity index (χ0n) is 21.5. The number of unbranched alkanes of at least 4 members (excludes halogenated alkanes) is 1. The molecule has 3 aromatic rings. The van der Waals surface area contributed by atoms with E-state index < -0.39 is 10.1 Å². The van der Waals surface area contributed by atoms with E-state index >= 15 is 0 Å². The number of allylic oxidation sites excluding steroid dienone is 4. The summed E-state index contributed by atoms with van der Waals surface area (Å²) < 4.78 is 32.2. The Bertz CT molecular complexity index is 1500. The molecule has 0 unspecified atom stereocenters. The molecule has 1 N–H and O–H groups in total. The number of carbonyl (C=O) groups is 1. The van der Waals surface area contributed by atoms with Crippen LogP contribution in [0.3, 0.4) is 0 Å². The SMILES string of the molecule is CC(=O)N(C=CC=CC1=C(CCCCS(=O)(=O)O)c2c(ccc3ccccc23)[N+]1(C)C)c1ccccc1. The second-order valence-corrected chi connectivity index (χ2v) is 11.2. The third-order valence-corrected chi connectivity index (χ3v) is 7.58. The van der Waals surface area contributed by atoms with Crippen LogP contribution < -0.4 is 9.38 Å². The van der Waals surface area contributed by atoms with Crippen LogP contribution in [0.1, 0.15) is 31.7 Å². The molecular formula is C30H33N2O4S+. The van der Waals surface area contributed by atoms with Crippen molar-refractivity contribution in [3.8, 4) is 0 Å². The van der Waals surface area contributed by atoms with Crippen LogP contribution in [0.2, 0.25) is 0 Å². The number of amides is 1. The standard InChI is InChI=1S/C30H32N2O4S/c1-23(33)31(25-14-5-4-6-15-25)21-11-9-18-28-27(17-10-12-22-37(34,35)36)30-26-16-8-7-13-24(26)19-20-29(30)32(28,2)3/h4-9,11,13-16,18-21H,10,12,17,22H2,1-3H3/p+1. The maximum atomic E-state index is 12.2. The van der Waals surface area contributed by atoms with Crippen LogP contribution in [-0.4, -0.2) is 38.7 Å². The van der Waals surface area contributed by atoms with Crippen molar-refractivity contribution in [3.05, 3.63) is 102 Å². The molecule has 0 radical (unpaired) electrons. The average Bonchev–Trinajstić information content (AvgIpc) is 3.07. The number of fused-ring (bicyclic) bond motifs is 3. The molecule has 3 aromatic carbocycles.